The highest BCUT2D eigenvalue weighted by atomic mass is 31.2. The van der Waals surface area contributed by atoms with Gasteiger partial charge in [-0.15, -0.1) is 0 Å². The molecule has 12 N–H and O–H groups in total. The van der Waals surface area contributed by atoms with Crippen molar-refractivity contribution in [2.24, 2.45) is 0 Å². The number of phosphoric acid groups is 1. The molecule has 0 aliphatic carbocycles. The number of rotatable bonds is 2. The van der Waals surface area contributed by atoms with E-state index in [0.29, 0.717) is 22.3 Å². The Morgan fingerprint density at radius 3 is 2.43 bits per heavy atom. The quantitative estimate of drug-likeness (QED) is 0.115. The molecule has 190 valence electrons. The molecule has 5 rings (SSSR count). The highest BCUT2D eigenvalue weighted by Gasteiger charge is 2.43. The van der Waals surface area contributed by atoms with Crippen LogP contribution in [0.15, 0.2) is 23.8 Å². The minimum Gasteiger partial charge on any atom is -0.394 e. The third-order valence-corrected chi connectivity index (χ3v) is 4.49. The zero-order valence-electron chi connectivity index (χ0n) is 17.4. The lowest BCUT2D eigenvalue weighted by molar-refractivity contribution is -0.0511. The van der Waals surface area contributed by atoms with E-state index in [2.05, 4.69) is 34.9 Å². The van der Waals surface area contributed by atoms with Crippen molar-refractivity contribution in [3.63, 3.8) is 0 Å². The van der Waals surface area contributed by atoms with Gasteiger partial charge in [0.25, 0.3) is 5.56 Å². The highest BCUT2D eigenvalue weighted by molar-refractivity contribution is 7.45. The fraction of sp³-hybridized carbons (Fsp3) is 0.333. The third-order valence-electron chi connectivity index (χ3n) is 4.49. The molecule has 1 aliphatic rings. The monoisotopic (exact) mass is 516 g/mol. The highest BCUT2D eigenvalue weighted by Crippen LogP contribution is 2.31. The van der Waals surface area contributed by atoms with Crippen LogP contribution in [0.2, 0.25) is 0 Å². The van der Waals surface area contributed by atoms with E-state index in [1.807, 2.05) is 0 Å². The Bertz CT molecular complexity index is 1390. The molecule has 19 nitrogen and oxygen atoms in total. The lowest BCUT2D eigenvalue weighted by atomic mass is 10.1. The standard InChI is InChI=1S/C10H13N5O4.C5H5N5O.H3O4P/c11-8-5-9(13-2-12-8)15(3-14-5)10-7(18)6(17)4(1-16)19-10;6-5-9-3-2(4(11)10-5)7-1-8-3;1-5(2,3)4/h2-4,6-7,10,16-18H,1H2,(H2,11,12,13);1H,(H4,6,7,8,9,10,11);(H3,1,2,3,4)/t4-,6-,7-,10-;;/m1../s1. The molecule has 4 aromatic heterocycles. The normalized spacial score (nSPS) is 21.9. The maximum absolute atomic E-state index is 11.0. The molecule has 0 aromatic carbocycles. The van der Waals surface area contributed by atoms with Gasteiger partial charge in [0.05, 0.1) is 19.3 Å². The van der Waals surface area contributed by atoms with E-state index < -0.39 is 39.0 Å². The Hall–Kier alpha value is -3.55. The number of nitrogen functional groups attached to an aromatic ring is 2. The van der Waals surface area contributed by atoms with Crippen molar-refractivity contribution in [1.29, 1.82) is 0 Å². The van der Waals surface area contributed by atoms with Crippen LogP contribution in [-0.4, -0.2) is 94.4 Å². The predicted molar refractivity (Wildman–Crippen MR) is 116 cm³/mol. The fourth-order valence-corrected chi connectivity index (χ4v) is 3.03. The zero-order valence-corrected chi connectivity index (χ0v) is 18.3. The Balaban J connectivity index is 0.000000180. The van der Waals surface area contributed by atoms with Gasteiger partial charge in [-0.05, 0) is 0 Å². The number of nitrogens with two attached hydrogens (primary N) is 2. The molecule has 0 saturated carbocycles. The van der Waals surface area contributed by atoms with Gasteiger partial charge in [-0.2, -0.15) is 4.98 Å². The summed E-state index contributed by atoms with van der Waals surface area (Å²) in [5, 5.41) is 28.7. The van der Waals surface area contributed by atoms with Crippen LogP contribution in [0.4, 0.5) is 11.8 Å². The maximum Gasteiger partial charge on any atom is 0.466 e. The van der Waals surface area contributed by atoms with Crippen LogP contribution in [-0.2, 0) is 9.30 Å². The molecule has 4 aromatic rings. The molecule has 35 heavy (non-hydrogen) atoms. The largest absolute Gasteiger partial charge is 0.466 e. The Morgan fingerprint density at radius 1 is 1.11 bits per heavy atom. The topological polar surface area (TPSA) is 318 Å². The number of nitrogens with one attached hydrogen (secondary N) is 2. The number of hydrogen-bond donors (Lipinski definition) is 10. The molecule has 4 atom stereocenters. The van der Waals surface area contributed by atoms with E-state index in [9.17, 15) is 15.0 Å². The van der Waals surface area contributed by atoms with Crippen LogP contribution in [0.1, 0.15) is 6.23 Å². The van der Waals surface area contributed by atoms with Crippen LogP contribution in [0.25, 0.3) is 22.3 Å². The number of anilines is 2. The van der Waals surface area contributed by atoms with Crippen LogP contribution >= 0.6 is 7.82 Å². The number of ether oxygens (including phenoxy) is 1. The van der Waals surface area contributed by atoms with Gasteiger partial charge in [-0.3, -0.25) is 14.3 Å². The minimum atomic E-state index is -4.64. The van der Waals surface area contributed by atoms with E-state index in [1.165, 1.54) is 23.5 Å². The number of imidazole rings is 2. The SMILES string of the molecule is Nc1nc2nc[nH]c2c(=O)[nH]1.Nc1ncnc2c1ncn2[C@@H]1O[C@H](CO)[C@@H](O)[C@H]1O.O=P(O)(O)O. The van der Waals surface area contributed by atoms with Crippen molar-refractivity contribution in [2.75, 3.05) is 18.1 Å². The van der Waals surface area contributed by atoms with Gasteiger partial charge in [0, 0.05) is 0 Å². The molecular weight excluding hydrogens is 495 g/mol. The maximum atomic E-state index is 11.0. The molecule has 1 aliphatic heterocycles. The molecule has 1 fully saturated rings. The molecule has 0 spiro atoms. The van der Waals surface area contributed by atoms with E-state index in [-0.39, 0.29) is 17.3 Å². The van der Waals surface area contributed by atoms with E-state index in [4.69, 9.17) is 40.6 Å². The van der Waals surface area contributed by atoms with Gasteiger partial charge in [0.1, 0.15) is 30.2 Å². The molecule has 0 amide bonds. The molecule has 0 bridgehead atoms. The van der Waals surface area contributed by atoms with E-state index in [1.54, 1.807) is 0 Å². The van der Waals surface area contributed by atoms with Gasteiger partial charge in [-0.25, -0.2) is 24.5 Å². The van der Waals surface area contributed by atoms with E-state index in [0.717, 1.165) is 0 Å². The fourth-order valence-electron chi connectivity index (χ4n) is 3.03. The first-order valence-corrected chi connectivity index (χ1v) is 11.0. The number of nitrogens with zero attached hydrogens (tertiary/aromatic N) is 6. The average molecular weight is 516 g/mol. The zero-order chi connectivity index (χ0) is 25.9. The van der Waals surface area contributed by atoms with Crippen molar-refractivity contribution < 1.29 is 39.3 Å². The Morgan fingerprint density at radius 2 is 1.80 bits per heavy atom. The summed E-state index contributed by atoms with van der Waals surface area (Å²) in [6.45, 7) is -0.390. The lowest BCUT2D eigenvalue weighted by Gasteiger charge is -2.16. The molecule has 20 heteroatoms. The molecule has 1 saturated heterocycles. The number of hydrogen-bond acceptors (Lipinski definition) is 13. The van der Waals surface area contributed by atoms with Crippen molar-refractivity contribution >= 4 is 41.9 Å². The summed E-state index contributed by atoms with van der Waals surface area (Å²) in [6, 6.07) is 0. The summed E-state index contributed by atoms with van der Waals surface area (Å²) in [7, 11) is -4.64. The summed E-state index contributed by atoms with van der Waals surface area (Å²) >= 11 is 0. The summed E-state index contributed by atoms with van der Waals surface area (Å²) in [5.74, 6) is 0.296. The second kappa shape index (κ2) is 10.4. The average Bonchev–Trinajstić information content (AvgIpc) is 3.47. The number of aromatic amines is 2. The first-order valence-electron chi connectivity index (χ1n) is 9.43. The first-order chi connectivity index (χ1) is 16.4. The third kappa shape index (κ3) is 6.12. The summed E-state index contributed by atoms with van der Waals surface area (Å²) in [5.41, 5.74) is 12.1. The van der Waals surface area contributed by atoms with Gasteiger partial charge in [0.15, 0.2) is 28.9 Å². The van der Waals surface area contributed by atoms with Crippen LogP contribution in [0.3, 0.4) is 0 Å². The second-order valence-corrected chi connectivity index (χ2v) is 7.90. The molecule has 5 heterocycles. The first kappa shape index (κ1) is 26.1. The van der Waals surface area contributed by atoms with Crippen molar-refractivity contribution in [3.8, 4) is 0 Å². The summed E-state index contributed by atoms with van der Waals surface area (Å²) in [4.78, 5) is 57.0. The number of aliphatic hydroxyl groups is 3. The Kier molecular flexibility index (Phi) is 7.73. The van der Waals surface area contributed by atoms with Crippen LogP contribution in [0.5, 0.6) is 0 Å². The van der Waals surface area contributed by atoms with Crippen LogP contribution < -0.4 is 17.0 Å². The van der Waals surface area contributed by atoms with Crippen molar-refractivity contribution in [1.82, 2.24) is 39.5 Å². The van der Waals surface area contributed by atoms with Gasteiger partial charge >= 0.3 is 7.82 Å². The van der Waals surface area contributed by atoms with Crippen LogP contribution in [0, 0.1) is 0 Å². The number of fused-ring (bicyclic) bond motifs is 2. The Labute approximate surface area is 193 Å². The number of H-pyrrole nitrogens is 2. The lowest BCUT2D eigenvalue weighted by Crippen LogP contribution is -2.33. The predicted octanol–water partition coefficient (Wildman–Crippen LogP) is -3.68. The number of aliphatic hydroxyl groups excluding tert-OH is 3. The minimum absolute atomic E-state index is 0.0783. The molecular formula is C15H21N10O9P. The van der Waals surface area contributed by atoms with Crippen molar-refractivity contribution in [2.45, 2.75) is 24.5 Å². The van der Waals surface area contributed by atoms with Gasteiger partial charge in [0.2, 0.25) is 5.95 Å². The van der Waals surface area contributed by atoms with Gasteiger partial charge < -0.3 is 51.2 Å². The van der Waals surface area contributed by atoms with Gasteiger partial charge in [-0.1, -0.05) is 0 Å². The summed E-state index contributed by atoms with van der Waals surface area (Å²) < 4.78 is 15.7. The molecule has 0 unspecified atom stereocenters. The second-order valence-electron chi connectivity index (χ2n) is 6.88. The summed E-state index contributed by atoms with van der Waals surface area (Å²) in [6.07, 6.45) is -0.0278. The van der Waals surface area contributed by atoms with Crippen molar-refractivity contribution in [3.05, 3.63) is 29.3 Å². The molecule has 0 radical (unpaired) electrons. The van der Waals surface area contributed by atoms with E-state index >= 15 is 0 Å². The smallest absolute Gasteiger partial charge is 0.394 e. The number of aromatic nitrogens is 8.